The number of rotatable bonds is 13. The Bertz CT molecular complexity index is 294. The molecule has 0 N–H and O–H groups in total. The second-order valence-corrected chi connectivity index (χ2v) is 19.8. The Balaban J connectivity index is 4.87. The molecular formula is C18H36O3Sn. The first-order valence-corrected chi connectivity index (χ1v) is 16.5. The minimum atomic E-state index is -2.45. The minimum absolute atomic E-state index is 0.362. The summed E-state index contributed by atoms with van der Waals surface area (Å²) >= 11 is -2.45. The van der Waals surface area contributed by atoms with E-state index in [1.807, 2.05) is 0 Å². The van der Waals surface area contributed by atoms with E-state index in [4.69, 9.17) is 9.47 Å². The van der Waals surface area contributed by atoms with Crippen LogP contribution in [0.15, 0.2) is 10.2 Å². The molecule has 0 bridgehead atoms. The molecule has 3 nitrogen and oxygen atoms in total. The monoisotopic (exact) mass is 420 g/mol. The van der Waals surface area contributed by atoms with Crippen molar-refractivity contribution in [2.24, 2.45) is 0 Å². The van der Waals surface area contributed by atoms with E-state index in [0.717, 1.165) is 0 Å². The fourth-order valence-corrected chi connectivity index (χ4v) is 18.0. The SMILES string of the molecule is C=[C](COC(=O)OCC)[Sn]([CH2]CCC)([CH2]CCC)[CH2]CCC. The maximum atomic E-state index is 11.5. The number of carbonyl (C=O) groups is 1. The first-order valence-electron chi connectivity index (χ1n) is 9.04. The van der Waals surface area contributed by atoms with E-state index in [1.165, 1.54) is 55.4 Å². The Morgan fingerprint density at radius 1 is 0.864 bits per heavy atom. The third kappa shape index (κ3) is 8.44. The van der Waals surface area contributed by atoms with Gasteiger partial charge in [-0.25, -0.2) is 0 Å². The van der Waals surface area contributed by atoms with Crippen LogP contribution in [0.4, 0.5) is 4.79 Å². The normalized spacial score (nSPS) is 11.3. The summed E-state index contributed by atoms with van der Waals surface area (Å²) < 4.78 is 15.5. The molecule has 0 atom stereocenters. The van der Waals surface area contributed by atoms with Gasteiger partial charge < -0.3 is 0 Å². The van der Waals surface area contributed by atoms with Crippen molar-refractivity contribution in [3.63, 3.8) is 0 Å². The molecule has 0 saturated carbocycles. The van der Waals surface area contributed by atoms with Crippen LogP contribution in [-0.4, -0.2) is 37.7 Å². The summed E-state index contributed by atoms with van der Waals surface area (Å²) in [5, 5.41) is 0. The van der Waals surface area contributed by atoms with Gasteiger partial charge in [0.1, 0.15) is 0 Å². The van der Waals surface area contributed by atoms with Crippen LogP contribution in [0.3, 0.4) is 0 Å². The van der Waals surface area contributed by atoms with E-state index in [0.29, 0.717) is 13.2 Å². The predicted molar refractivity (Wildman–Crippen MR) is 97.0 cm³/mol. The van der Waals surface area contributed by atoms with Gasteiger partial charge in [-0.1, -0.05) is 0 Å². The average Bonchev–Trinajstić information content (AvgIpc) is 2.52. The van der Waals surface area contributed by atoms with Crippen LogP contribution in [0.1, 0.15) is 66.2 Å². The molecule has 0 rings (SSSR count). The Morgan fingerprint density at radius 2 is 1.32 bits per heavy atom. The zero-order chi connectivity index (χ0) is 16.8. The van der Waals surface area contributed by atoms with Gasteiger partial charge in [-0.3, -0.25) is 0 Å². The van der Waals surface area contributed by atoms with Gasteiger partial charge in [0.25, 0.3) is 0 Å². The molecule has 0 aliphatic heterocycles. The van der Waals surface area contributed by atoms with E-state index >= 15 is 0 Å². The molecule has 0 heterocycles. The van der Waals surface area contributed by atoms with Crippen molar-refractivity contribution < 1.29 is 14.3 Å². The van der Waals surface area contributed by atoms with Crippen molar-refractivity contribution in [1.29, 1.82) is 0 Å². The molecule has 0 aromatic rings. The number of hydrogen-bond donors (Lipinski definition) is 0. The Morgan fingerprint density at radius 3 is 1.68 bits per heavy atom. The molecule has 0 amide bonds. The molecule has 0 fully saturated rings. The molecule has 0 aromatic carbocycles. The molecule has 0 aromatic heterocycles. The van der Waals surface area contributed by atoms with Gasteiger partial charge in [0.05, 0.1) is 0 Å². The van der Waals surface area contributed by atoms with Crippen LogP contribution >= 0.6 is 0 Å². The molecule has 0 spiro atoms. The van der Waals surface area contributed by atoms with E-state index in [2.05, 4.69) is 27.4 Å². The molecule has 130 valence electrons. The fourth-order valence-electron chi connectivity index (χ4n) is 2.91. The zero-order valence-electron chi connectivity index (χ0n) is 15.2. The number of hydrogen-bond acceptors (Lipinski definition) is 3. The van der Waals surface area contributed by atoms with Crippen molar-refractivity contribution in [1.82, 2.24) is 0 Å². The molecule has 0 saturated heterocycles. The van der Waals surface area contributed by atoms with E-state index in [9.17, 15) is 4.79 Å². The maximum absolute atomic E-state index is 11.5. The third-order valence-electron chi connectivity index (χ3n) is 4.40. The summed E-state index contributed by atoms with van der Waals surface area (Å²) in [5.74, 6) is 0. The van der Waals surface area contributed by atoms with Crippen LogP contribution in [0.2, 0.25) is 13.3 Å². The molecule has 0 aliphatic rings. The second-order valence-electron chi connectivity index (χ2n) is 6.17. The van der Waals surface area contributed by atoms with Gasteiger partial charge in [0.15, 0.2) is 0 Å². The quantitative estimate of drug-likeness (QED) is 0.267. The van der Waals surface area contributed by atoms with Gasteiger partial charge in [-0.15, -0.1) is 0 Å². The second kappa shape index (κ2) is 13.3. The van der Waals surface area contributed by atoms with Crippen LogP contribution in [-0.2, 0) is 9.47 Å². The van der Waals surface area contributed by atoms with Crippen LogP contribution < -0.4 is 0 Å². The van der Waals surface area contributed by atoms with Crippen LogP contribution in [0.25, 0.3) is 0 Å². The van der Waals surface area contributed by atoms with Crippen molar-refractivity contribution in [3.8, 4) is 0 Å². The Kier molecular flexibility index (Phi) is 13.2. The summed E-state index contributed by atoms with van der Waals surface area (Å²) in [6.07, 6.45) is 7.05. The van der Waals surface area contributed by atoms with Crippen molar-refractivity contribution in [3.05, 3.63) is 10.2 Å². The van der Waals surface area contributed by atoms with Gasteiger partial charge >= 0.3 is 142 Å². The van der Waals surface area contributed by atoms with E-state index < -0.39 is 24.5 Å². The molecular weight excluding hydrogens is 383 g/mol. The van der Waals surface area contributed by atoms with Crippen LogP contribution in [0, 0.1) is 0 Å². The number of ether oxygens (including phenoxy) is 2. The molecule has 0 unspecified atom stereocenters. The van der Waals surface area contributed by atoms with Crippen molar-refractivity contribution in [2.75, 3.05) is 13.2 Å². The van der Waals surface area contributed by atoms with Crippen LogP contribution in [0.5, 0.6) is 0 Å². The van der Waals surface area contributed by atoms with E-state index in [-0.39, 0.29) is 0 Å². The molecule has 0 aliphatic carbocycles. The summed E-state index contributed by atoms with van der Waals surface area (Å²) in [6, 6.07) is 0. The van der Waals surface area contributed by atoms with E-state index in [1.54, 1.807) is 6.92 Å². The van der Waals surface area contributed by atoms with Crippen molar-refractivity contribution in [2.45, 2.75) is 79.5 Å². The zero-order valence-corrected chi connectivity index (χ0v) is 18.1. The van der Waals surface area contributed by atoms with Gasteiger partial charge in [-0.05, 0) is 0 Å². The Hall–Kier alpha value is -0.191. The predicted octanol–water partition coefficient (Wildman–Crippen LogP) is 6.10. The molecule has 22 heavy (non-hydrogen) atoms. The van der Waals surface area contributed by atoms with Crippen molar-refractivity contribution >= 4 is 24.5 Å². The summed E-state index contributed by atoms with van der Waals surface area (Å²) in [7, 11) is 0. The first kappa shape index (κ1) is 21.8. The van der Waals surface area contributed by atoms with Gasteiger partial charge in [0, 0.05) is 0 Å². The summed E-state index contributed by atoms with van der Waals surface area (Å²) in [6.45, 7) is 13.7. The fraction of sp³-hybridized carbons (Fsp3) is 0.833. The molecule has 4 heteroatoms. The average molecular weight is 419 g/mol. The topological polar surface area (TPSA) is 35.5 Å². The summed E-state index contributed by atoms with van der Waals surface area (Å²) in [4.78, 5) is 11.5. The Labute approximate surface area is 141 Å². The standard InChI is InChI=1S/C6H9O3.3C4H9.Sn/c1-3-5-9-6(7)8-4-2;3*1-3-4-2;/h1,4-5H2,2H3;3*1,3-4H2,2H3;. The van der Waals surface area contributed by atoms with Gasteiger partial charge in [-0.2, -0.15) is 0 Å². The third-order valence-corrected chi connectivity index (χ3v) is 20.3. The first-order chi connectivity index (χ1) is 10.6. The summed E-state index contributed by atoms with van der Waals surface area (Å²) in [5.41, 5.74) is 0. The van der Waals surface area contributed by atoms with Gasteiger partial charge in [0.2, 0.25) is 0 Å². The number of unbranched alkanes of at least 4 members (excludes halogenated alkanes) is 3. The number of carbonyl (C=O) groups excluding carboxylic acids is 1. The molecule has 0 radical (unpaired) electrons.